The average Bonchev–Trinajstić information content (AvgIpc) is 2.92. The minimum Gasteiger partial charge on any atom is -0.481 e. The first-order valence-corrected chi connectivity index (χ1v) is 6.66. The summed E-state index contributed by atoms with van der Waals surface area (Å²) in [7, 11) is 0. The van der Waals surface area contributed by atoms with Crippen molar-refractivity contribution in [1.82, 2.24) is 4.98 Å². The Morgan fingerprint density at radius 2 is 1.91 bits per heavy atom. The summed E-state index contributed by atoms with van der Waals surface area (Å²) in [6, 6.07) is 13.3. The van der Waals surface area contributed by atoms with Crippen LogP contribution in [0.5, 0.6) is 0 Å². The van der Waals surface area contributed by atoms with Crippen molar-refractivity contribution in [2.75, 3.05) is 0 Å². The van der Waals surface area contributed by atoms with Gasteiger partial charge in [-0.15, -0.1) is 0 Å². The Morgan fingerprint density at radius 1 is 1.18 bits per heavy atom. The van der Waals surface area contributed by atoms with Crippen molar-refractivity contribution < 1.29 is 18.7 Å². The van der Waals surface area contributed by atoms with Crippen molar-refractivity contribution in [1.29, 1.82) is 0 Å². The highest BCUT2D eigenvalue weighted by molar-refractivity contribution is 5.90. The second-order valence-corrected chi connectivity index (χ2v) is 4.75. The lowest BCUT2D eigenvalue weighted by Crippen LogP contribution is -1.98. The van der Waals surface area contributed by atoms with Crippen LogP contribution >= 0.6 is 0 Å². The quantitative estimate of drug-likeness (QED) is 0.791. The zero-order valence-electron chi connectivity index (χ0n) is 11.5. The fraction of sp³-hybridized carbons (Fsp3) is 0.0588. The molecule has 0 aliphatic carbocycles. The van der Waals surface area contributed by atoms with Crippen LogP contribution in [0.3, 0.4) is 0 Å². The lowest BCUT2D eigenvalue weighted by Gasteiger charge is -2.01. The molecule has 0 spiro atoms. The van der Waals surface area contributed by atoms with Crippen LogP contribution in [0.4, 0.5) is 4.39 Å². The van der Waals surface area contributed by atoms with E-state index in [1.807, 2.05) is 6.07 Å². The van der Waals surface area contributed by atoms with E-state index in [2.05, 4.69) is 4.98 Å². The molecule has 22 heavy (non-hydrogen) atoms. The third-order valence-corrected chi connectivity index (χ3v) is 3.15. The van der Waals surface area contributed by atoms with Gasteiger partial charge in [0.2, 0.25) is 5.89 Å². The van der Waals surface area contributed by atoms with E-state index >= 15 is 0 Å². The van der Waals surface area contributed by atoms with Crippen LogP contribution in [-0.4, -0.2) is 16.1 Å². The van der Waals surface area contributed by atoms with E-state index in [-0.39, 0.29) is 12.3 Å². The maximum absolute atomic E-state index is 13.8. The first-order chi connectivity index (χ1) is 10.6. The minimum absolute atomic E-state index is 0.187. The standard InChI is InChI=1S/C17H12FNO3/c18-13-6-2-1-5-11(13)9-12(10-16(20)21)17-19-14-7-3-4-8-15(14)22-17/h1-9H,10H2,(H,20,21). The van der Waals surface area contributed by atoms with Crippen molar-refractivity contribution >= 4 is 28.7 Å². The van der Waals surface area contributed by atoms with Gasteiger partial charge < -0.3 is 9.52 Å². The SMILES string of the molecule is O=C(O)CC(=Cc1ccccc1F)c1nc2ccccc2o1. The van der Waals surface area contributed by atoms with Gasteiger partial charge in [0, 0.05) is 11.1 Å². The lowest BCUT2D eigenvalue weighted by atomic mass is 10.1. The molecule has 0 saturated heterocycles. The third kappa shape index (κ3) is 2.88. The van der Waals surface area contributed by atoms with Crippen LogP contribution in [0, 0.1) is 5.82 Å². The Labute approximate surface area is 125 Å². The molecule has 0 fully saturated rings. The molecular weight excluding hydrogens is 285 g/mol. The number of aromatic nitrogens is 1. The maximum atomic E-state index is 13.8. The van der Waals surface area contributed by atoms with E-state index < -0.39 is 11.8 Å². The maximum Gasteiger partial charge on any atom is 0.308 e. The van der Waals surface area contributed by atoms with Gasteiger partial charge >= 0.3 is 5.97 Å². The summed E-state index contributed by atoms with van der Waals surface area (Å²) in [6.45, 7) is 0. The molecule has 1 heterocycles. The predicted octanol–water partition coefficient (Wildman–Crippen LogP) is 3.98. The second kappa shape index (κ2) is 5.81. The van der Waals surface area contributed by atoms with Gasteiger partial charge in [-0.3, -0.25) is 4.79 Å². The van der Waals surface area contributed by atoms with Gasteiger partial charge in [-0.1, -0.05) is 30.3 Å². The number of para-hydroxylation sites is 2. The van der Waals surface area contributed by atoms with Crippen molar-refractivity contribution in [2.45, 2.75) is 6.42 Å². The topological polar surface area (TPSA) is 63.3 Å². The largest absolute Gasteiger partial charge is 0.481 e. The van der Waals surface area contributed by atoms with E-state index in [4.69, 9.17) is 9.52 Å². The first kappa shape index (κ1) is 14.0. The molecule has 0 bridgehead atoms. The fourth-order valence-corrected chi connectivity index (χ4v) is 2.14. The van der Waals surface area contributed by atoms with Gasteiger partial charge in [-0.2, -0.15) is 0 Å². The molecule has 0 atom stereocenters. The highest BCUT2D eigenvalue weighted by Gasteiger charge is 2.15. The minimum atomic E-state index is -1.04. The molecular formula is C17H12FNO3. The molecule has 0 amide bonds. The molecule has 0 unspecified atom stereocenters. The van der Waals surface area contributed by atoms with Crippen LogP contribution in [0.1, 0.15) is 17.9 Å². The summed E-state index contributed by atoms with van der Waals surface area (Å²) < 4.78 is 19.3. The smallest absolute Gasteiger partial charge is 0.308 e. The molecule has 1 aromatic heterocycles. The normalized spacial score (nSPS) is 11.8. The van der Waals surface area contributed by atoms with Gasteiger partial charge in [0.05, 0.1) is 6.42 Å². The van der Waals surface area contributed by atoms with E-state index in [0.29, 0.717) is 22.2 Å². The molecule has 0 aliphatic heterocycles. The van der Waals surface area contributed by atoms with Gasteiger partial charge in [0.15, 0.2) is 5.58 Å². The predicted molar refractivity (Wildman–Crippen MR) is 80.5 cm³/mol. The van der Waals surface area contributed by atoms with Gasteiger partial charge in [-0.05, 0) is 24.3 Å². The van der Waals surface area contributed by atoms with Gasteiger partial charge in [-0.25, -0.2) is 9.37 Å². The molecule has 3 rings (SSSR count). The molecule has 5 heteroatoms. The molecule has 0 aliphatic rings. The number of oxazole rings is 1. The Hall–Kier alpha value is -2.95. The fourth-order valence-electron chi connectivity index (χ4n) is 2.14. The van der Waals surface area contributed by atoms with Crippen LogP contribution in [0.15, 0.2) is 52.9 Å². The summed E-state index contributed by atoms with van der Waals surface area (Å²) in [4.78, 5) is 15.3. The number of nitrogens with zero attached hydrogens (tertiary/aromatic N) is 1. The van der Waals surface area contributed by atoms with E-state index in [1.165, 1.54) is 12.1 Å². The van der Waals surface area contributed by atoms with Crippen molar-refractivity contribution in [3.63, 3.8) is 0 Å². The molecule has 4 nitrogen and oxygen atoms in total. The molecule has 3 aromatic rings. The lowest BCUT2D eigenvalue weighted by molar-refractivity contribution is -0.135. The van der Waals surface area contributed by atoms with Gasteiger partial charge in [0.1, 0.15) is 11.3 Å². The summed E-state index contributed by atoms with van der Waals surface area (Å²) in [5, 5.41) is 9.06. The Bertz CT molecular complexity index is 834. The summed E-state index contributed by atoms with van der Waals surface area (Å²) in [5.41, 5.74) is 1.79. The molecule has 2 aromatic carbocycles. The number of carbonyl (C=O) groups is 1. The van der Waals surface area contributed by atoms with Crippen LogP contribution in [0.2, 0.25) is 0 Å². The number of carboxylic acids is 1. The Kier molecular flexibility index (Phi) is 3.70. The van der Waals surface area contributed by atoms with Gasteiger partial charge in [0.25, 0.3) is 0 Å². The summed E-state index contributed by atoms with van der Waals surface area (Å²) in [5.74, 6) is -1.28. The van der Waals surface area contributed by atoms with E-state index in [9.17, 15) is 9.18 Å². The van der Waals surface area contributed by atoms with E-state index in [0.717, 1.165) is 0 Å². The van der Waals surface area contributed by atoms with Crippen LogP contribution in [0.25, 0.3) is 22.7 Å². The third-order valence-electron chi connectivity index (χ3n) is 3.15. The number of aliphatic carboxylic acids is 1. The number of halogens is 1. The number of carboxylic acid groups (broad SMARTS) is 1. The van der Waals surface area contributed by atoms with Crippen LogP contribution in [-0.2, 0) is 4.79 Å². The number of hydrogen-bond acceptors (Lipinski definition) is 3. The van der Waals surface area contributed by atoms with Crippen molar-refractivity contribution in [3.8, 4) is 0 Å². The van der Waals surface area contributed by atoms with Crippen LogP contribution < -0.4 is 0 Å². The highest BCUT2D eigenvalue weighted by atomic mass is 19.1. The Morgan fingerprint density at radius 3 is 2.64 bits per heavy atom. The average molecular weight is 297 g/mol. The Balaban J connectivity index is 2.10. The zero-order chi connectivity index (χ0) is 15.5. The number of hydrogen-bond donors (Lipinski definition) is 1. The molecule has 0 radical (unpaired) electrons. The van der Waals surface area contributed by atoms with Crippen molar-refractivity contribution in [2.24, 2.45) is 0 Å². The number of fused-ring (bicyclic) bond motifs is 1. The molecule has 110 valence electrons. The van der Waals surface area contributed by atoms with Crippen molar-refractivity contribution in [3.05, 3.63) is 65.8 Å². The second-order valence-electron chi connectivity index (χ2n) is 4.75. The van der Waals surface area contributed by atoms with E-state index in [1.54, 1.807) is 36.4 Å². The molecule has 1 N–H and O–H groups in total. The zero-order valence-corrected chi connectivity index (χ0v) is 11.5. The summed E-state index contributed by atoms with van der Waals surface area (Å²) >= 11 is 0. The first-order valence-electron chi connectivity index (χ1n) is 6.66. The highest BCUT2D eigenvalue weighted by Crippen LogP contribution is 2.26. The molecule has 0 saturated carbocycles. The number of benzene rings is 2. The monoisotopic (exact) mass is 297 g/mol. The number of rotatable bonds is 4. The summed E-state index contributed by atoms with van der Waals surface area (Å²) in [6.07, 6.45) is 1.15.